The Kier molecular flexibility index (Phi) is 2.83. The predicted octanol–water partition coefficient (Wildman–Crippen LogP) is -0.847. The highest BCUT2D eigenvalue weighted by Crippen LogP contribution is 2.24. The van der Waals surface area contributed by atoms with Crippen molar-refractivity contribution in [3.05, 3.63) is 29.3 Å². The number of sulfonamides is 1. The van der Waals surface area contributed by atoms with Gasteiger partial charge in [-0.3, -0.25) is 14.5 Å². The number of imide groups is 1. The molecule has 8 heteroatoms. The number of carbonyl (C=O) groups excluding carboxylic acids is 2. The van der Waals surface area contributed by atoms with Crippen LogP contribution in [0.2, 0.25) is 0 Å². The molecule has 0 atom stereocenters. The SMILES string of the molecule is Nc1ccc2c(c1)C(=O)N(CCS(N)(=O)=O)C2=O. The molecule has 0 fully saturated rings. The minimum Gasteiger partial charge on any atom is -0.399 e. The van der Waals surface area contributed by atoms with Gasteiger partial charge in [0.25, 0.3) is 11.8 Å². The maximum atomic E-state index is 11.9. The highest BCUT2D eigenvalue weighted by atomic mass is 32.2. The number of rotatable bonds is 3. The Morgan fingerprint density at radius 2 is 1.72 bits per heavy atom. The number of hydrogen-bond donors (Lipinski definition) is 2. The van der Waals surface area contributed by atoms with E-state index in [1.165, 1.54) is 18.2 Å². The van der Waals surface area contributed by atoms with Crippen molar-refractivity contribution < 1.29 is 18.0 Å². The fourth-order valence-electron chi connectivity index (χ4n) is 1.73. The summed E-state index contributed by atoms with van der Waals surface area (Å²) in [4.78, 5) is 24.6. The minimum absolute atomic E-state index is 0.189. The van der Waals surface area contributed by atoms with Gasteiger partial charge in [0.2, 0.25) is 10.0 Å². The molecule has 1 aromatic rings. The predicted molar refractivity (Wildman–Crippen MR) is 64.2 cm³/mol. The molecule has 4 N–H and O–H groups in total. The standard InChI is InChI=1S/C10H11N3O4S/c11-6-1-2-7-8(5-6)10(15)13(9(7)14)3-4-18(12,16)17/h1-2,5H,3-4,11H2,(H2,12,16,17). The smallest absolute Gasteiger partial charge is 0.261 e. The van der Waals surface area contributed by atoms with Crippen LogP contribution in [-0.2, 0) is 10.0 Å². The van der Waals surface area contributed by atoms with Crippen LogP contribution in [0.5, 0.6) is 0 Å². The van der Waals surface area contributed by atoms with Crippen LogP contribution in [0.3, 0.4) is 0 Å². The van der Waals surface area contributed by atoms with Crippen LogP contribution in [0.15, 0.2) is 18.2 Å². The molecule has 0 bridgehead atoms. The summed E-state index contributed by atoms with van der Waals surface area (Å²) in [5.74, 6) is -1.54. The average Bonchev–Trinajstić information content (AvgIpc) is 2.48. The van der Waals surface area contributed by atoms with Gasteiger partial charge < -0.3 is 5.73 Å². The van der Waals surface area contributed by atoms with Crippen molar-refractivity contribution in [2.24, 2.45) is 5.14 Å². The van der Waals surface area contributed by atoms with Gasteiger partial charge in [-0.2, -0.15) is 0 Å². The van der Waals surface area contributed by atoms with Gasteiger partial charge in [0.1, 0.15) is 0 Å². The van der Waals surface area contributed by atoms with Gasteiger partial charge >= 0.3 is 0 Å². The summed E-state index contributed by atoms with van der Waals surface area (Å²) in [6.45, 7) is -0.259. The van der Waals surface area contributed by atoms with Crippen LogP contribution in [0, 0.1) is 0 Å². The second-order valence-electron chi connectivity index (χ2n) is 3.93. The quantitative estimate of drug-likeness (QED) is 0.546. The van der Waals surface area contributed by atoms with E-state index < -0.39 is 27.6 Å². The van der Waals surface area contributed by atoms with E-state index in [4.69, 9.17) is 10.9 Å². The van der Waals surface area contributed by atoms with Crippen LogP contribution in [0.25, 0.3) is 0 Å². The first-order valence-electron chi connectivity index (χ1n) is 5.06. The van der Waals surface area contributed by atoms with Crippen LogP contribution >= 0.6 is 0 Å². The van der Waals surface area contributed by atoms with E-state index in [9.17, 15) is 18.0 Å². The lowest BCUT2D eigenvalue weighted by molar-refractivity contribution is 0.0664. The fraction of sp³-hybridized carbons (Fsp3) is 0.200. The third-order valence-electron chi connectivity index (χ3n) is 2.59. The normalized spacial score (nSPS) is 15.1. The van der Waals surface area contributed by atoms with Crippen molar-refractivity contribution in [1.29, 1.82) is 0 Å². The molecular formula is C10H11N3O4S. The monoisotopic (exact) mass is 269 g/mol. The number of nitrogen functional groups attached to an aromatic ring is 1. The van der Waals surface area contributed by atoms with E-state index in [0.717, 1.165) is 4.90 Å². The van der Waals surface area contributed by atoms with Crippen molar-refractivity contribution in [3.63, 3.8) is 0 Å². The van der Waals surface area contributed by atoms with E-state index in [-0.39, 0.29) is 17.7 Å². The fourth-order valence-corrected chi connectivity index (χ4v) is 2.17. The van der Waals surface area contributed by atoms with E-state index in [1.54, 1.807) is 0 Å². The van der Waals surface area contributed by atoms with Gasteiger partial charge in [-0.1, -0.05) is 0 Å². The number of nitrogens with two attached hydrogens (primary N) is 2. The summed E-state index contributed by atoms with van der Waals surface area (Å²) in [7, 11) is -3.72. The molecule has 0 aliphatic carbocycles. The van der Waals surface area contributed by atoms with Crippen molar-refractivity contribution in [2.75, 3.05) is 18.0 Å². The van der Waals surface area contributed by atoms with Crippen molar-refractivity contribution in [1.82, 2.24) is 4.90 Å². The van der Waals surface area contributed by atoms with Gasteiger partial charge in [0, 0.05) is 12.2 Å². The van der Waals surface area contributed by atoms with E-state index in [2.05, 4.69) is 0 Å². The zero-order valence-corrected chi connectivity index (χ0v) is 10.1. The Morgan fingerprint density at radius 1 is 1.11 bits per heavy atom. The number of hydrogen-bond acceptors (Lipinski definition) is 5. The van der Waals surface area contributed by atoms with E-state index in [1.807, 2.05) is 0 Å². The number of nitrogens with zero attached hydrogens (tertiary/aromatic N) is 1. The first kappa shape index (κ1) is 12.5. The number of carbonyl (C=O) groups is 2. The minimum atomic E-state index is -3.72. The molecule has 1 aliphatic heterocycles. The van der Waals surface area contributed by atoms with Gasteiger partial charge in [0.15, 0.2) is 0 Å². The van der Waals surface area contributed by atoms with E-state index >= 15 is 0 Å². The molecule has 1 heterocycles. The largest absolute Gasteiger partial charge is 0.399 e. The Labute approximate surface area is 103 Å². The molecule has 2 rings (SSSR count). The maximum absolute atomic E-state index is 11.9. The zero-order chi connectivity index (χ0) is 13.5. The molecular weight excluding hydrogens is 258 g/mol. The Bertz CT molecular complexity index is 639. The Morgan fingerprint density at radius 3 is 2.33 bits per heavy atom. The molecule has 0 saturated carbocycles. The highest BCUT2D eigenvalue weighted by molar-refractivity contribution is 7.89. The number of primary sulfonamides is 1. The lowest BCUT2D eigenvalue weighted by atomic mass is 10.1. The van der Waals surface area contributed by atoms with Crippen LogP contribution in [0.1, 0.15) is 20.7 Å². The molecule has 1 aliphatic rings. The summed E-state index contributed by atoms with van der Waals surface area (Å²) in [6, 6.07) is 4.35. The molecule has 0 spiro atoms. The maximum Gasteiger partial charge on any atom is 0.261 e. The first-order chi connectivity index (χ1) is 8.29. The van der Waals surface area contributed by atoms with Crippen molar-refractivity contribution >= 4 is 27.5 Å². The third kappa shape index (κ3) is 2.20. The van der Waals surface area contributed by atoms with Gasteiger partial charge in [-0.25, -0.2) is 13.6 Å². The number of benzene rings is 1. The van der Waals surface area contributed by atoms with Crippen molar-refractivity contribution in [2.45, 2.75) is 0 Å². The summed E-state index contributed by atoms with van der Waals surface area (Å²) in [6.07, 6.45) is 0. The average molecular weight is 269 g/mol. The summed E-state index contributed by atoms with van der Waals surface area (Å²) in [5.41, 5.74) is 6.31. The second kappa shape index (κ2) is 4.07. The molecule has 0 saturated heterocycles. The lowest BCUT2D eigenvalue weighted by Gasteiger charge is -2.12. The Hall–Kier alpha value is -1.93. The lowest BCUT2D eigenvalue weighted by Crippen LogP contribution is -2.35. The number of amides is 2. The molecule has 7 nitrogen and oxygen atoms in total. The van der Waals surface area contributed by atoms with Gasteiger partial charge in [-0.05, 0) is 18.2 Å². The zero-order valence-electron chi connectivity index (χ0n) is 9.29. The van der Waals surface area contributed by atoms with Crippen LogP contribution in [-0.4, -0.2) is 37.4 Å². The molecule has 96 valence electrons. The molecule has 0 aromatic heterocycles. The number of fused-ring (bicyclic) bond motifs is 1. The number of anilines is 1. The highest BCUT2D eigenvalue weighted by Gasteiger charge is 2.35. The topological polar surface area (TPSA) is 124 Å². The van der Waals surface area contributed by atoms with Gasteiger partial charge in [-0.15, -0.1) is 0 Å². The summed E-state index contributed by atoms with van der Waals surface area (Å²) in [5, 5.41) is 4.84. The molecule has 2 amide bonds. The Balaban J connectivity index is 2.29. The first-order valence-corrected chi connectivity index (χ1v) is 6.77. The summed E-state index contributed by atoms with van der Waals surface area (Å²) < 4.78 is 21.7. The van der Waals surface area contributed by atoms with Crippen LogP contribution < -0.4 is 10.9 Å². The third-order valence-corrected chi connectivity index (χ3v) is 3.35. The molecule has 18 heavy (non-hydrogen) atoms. The molecule has 0 unspecified atom stereocenters. The second-order valence-corrected chi connectivity index (χ2v) is 5.67. The van der Waals surface area contributed by atoms with Crippen LogP contribution in [0.4, 0.5) is 5.69 Å². The molecule has 0 radical (unpaired) electrons. The van der Waals surface area contributed by atoms with Crippen molar-refractivity contribution in [3.8, 4) is 0 Å². The van der Waals surface area contributed by atoms with E-state index in [0.29, 0.717) is 5.69 Å². The van der Waals surface area contributed by atoms with Gasteiger partial charge in [0.05, 0.1) is 16.9 Å². The summed E-state index contributed by atoms with van der Waals surface area (Å²) >= 11 is 0. The molecule has 1 aromatic carbocycles.